The predicted molar refractivity (Wildman–Crippen MR) is 103 cm³/mol. The summed E-state index contributed by atoms with van der Waals surface area (Å²) in [6.45, 7) is 2.39. The van der Waals surface area contributed by atoms with E-state index in [9.17, 15) is 0 Å². The first-order valence-electron chi connectivity index (χ1n) is 8.50. The largest absolute Gasteiger partial charge is 0.494 e. The van der Waals surface area contributed by atoms with Crippen molar-refractivity contribution in [2.75, 3.05) is 20.2 Å². The lowest BCUT2D eigenvalue weighted by atomic mass is 10.3. The number of ether oxygens (including phenoxy) is 1. The molecule has 0 fully saturated rings. The molecule has 0 bridgehead atoms. The molecule has 0 radical (unpaired) electrons. The van der Waals surface area contributed by atoms with Crippen LogP contribution >= 0.6 is 11.6 Å². The van der Waals surface area contributed by atoms with Gasteiger partial charge < -0.3 is 9.64 Å². The molecular weight excluding hydrogens is 348 g/mol. The Morgan fingerprint density at radius 1 is 1.00 bits per heavy atom. The van der Waals surface area contributed by atoms with Crippen LogP contribution in [0.2, 0.25) is 5.02 Å². The maximum atomic E-state index is 5.86. The summed E-state index contributed by atoms with van der Waals surface area (Å²) in [7, 11) is 2.08. The number of benzene rings is 1. The number of nitrogens with zero attached hydrogens (tertiary/aromatic N) is 4. The topological polar surface area (TPSA) is 51.1 Å². The van der Waals surface area contributed by atoms with Gasteiger partial charge in [0.25, 0.3) is 0 Å². The van der Waals surface area contributed by atoms with Gasteiger partial charge in [-0.15, -0.1) is 0 Å². The molecule has 0 saturated carbocycles. The standard InChI is InChI=1S/C20H21ClN4O/c1-25(11-4-12-26-18-8-6-17(21)7-9-18)15-16-13-23-20(24-14-16)19-5-2-3-10-22-19/h2-3,5-10,13-14H,4,11-12,15H2,1H3. The van der Waals surface area contributed by atoms with Gasteiger partial charge in [0.1, 0.15) is 11.4 Å². The lowest BCUT2D eigenvalue weighted by Crippen LogP contribution is -2.21. The predicted octanol–water partition coefficient (Wildman–Crippen LogP) is 4.09. The second-order valence-electron chi connectivity index (χ2n) is 6.02. The molecule has 0 unspecified atom stereocenters. The van der Waals surface area contributed by atoms with Crippen molar-refractivity contribution in [2.45, 2.75) is 13.0 Å². The van der Waals surface area contributed by atoms with Crippen LogP contribution < -0.4 is 4.74 Å². The highest BCUT2D eigenvalue weighted by Gasteiger charge is 2.05. The summed E-state index contributed by atoms with van der Waals surface area (Å²) in [5, 5.41) is 0.716. The van der Waals surface area contributed by atoms with Gasteiger partial charge in [-0.1, -0.05) is 17.7 Å². The molecule has 0 N–H and O–H groups in total. The van der Waals surface area contributed by atoms with Gasteiger partial charge in [-0.3, -0.25) is 4.98 Å². The molecule has 134 valence electrons. The van der Waals surface area contributed by atoms with E-state index < -0.39 is 0 Å². The molecule has 0 amide bonds. The quantitative estimate of drug-likeness (QED) is 0.560. The van der Waals surface area contributed by atoms with Gasteiger partial charge in [0, 0.05) is 42.3 Å². The van der Waals surface area contributed by atoms with Gasteiger partial charge in [-0.05, 0) is 49.9 Å². The Morgan fingerprint density at radius 2 is 1.77 bits per heavy atom. The number of pyridine rings is 1. The van der Waals surface area contributed by atoms with Crippen molar-refractivity contribution in [2.24, 2.45) is 0 Å². The number of halogens is 1. The summed E-state index contributed by atoms with van der Waals surface area (Å²) < 4.78 is 5.71. The van der Waals surface area contributed by atoms with Crippen molar-refractivity contribution in [3.8, 4) is 17.3 Å². The fraction of sp³-hybridized carbons (Fsp3) is 0.250. The average Bonchev–Trinajstić information content (AvgIpc) is 2.68. The second kappa shape index (κ2) is 9.27. The maximum absolute atomic E-state index is 5.86. The first-order chi connectivity index (χ1) is 12.7. The Hall–Kier alpha value is -2.50. The van der Waals surface area contributed by atoms with Crippen molar-refractivity contribution < 1.29 is 4.74 Å². The van der Waals surface area contributed by atoms with Crippen LogP contribution in [0.25, 0.3) is 11.5 Å². The highest BCUT2D eigenvalue weighted by molar-refractivity contribution is 6.30. The van der Waals surface area contributed by atoms with Crippen LogP contribution in [0.4, 0.5) is 0 Å². The van der Waals surface area contributed by atoms with Gasteiger partial charge in [0.2, 0.25) is 0 Å². The van der Waals surface area contributed by atoms with Crippen LogP contribution in [0.3, 0.4) is 0 Å². The van der Waals surface area contributed by atoms with E-state index in [0.29, 0.717) is 17.5 Å². The van der Waals surface area contributed by atoms with E-state index in [-0.39, 0.29) is 0 Å². The number of hydrogen-bond donors (Lipinski definition) is 0. The zero-order valence-electron chi connectivity index (χ0n) is 14.7. The summed E-state index contributed by atoms with van der Waals surface area (Å²) >= 11 is 5.86. The van der Waals surface area contributed by atoms with Crippen molar-refractivity contribution in [3.05, 3.63) is 71.6 Å². The molecule has 3 rings (SSSR count). The SMILES string of the molecule is CN(CCCOc1ccc(Cl)cc1)Cc1cnc(-c2ccccn2)nc1. The number of aromatic nitrogens is 3. The molecule has 0 atom stereocenters. The van der Waals surface area contributed by atoms with E-state index in [2.05, 4.69) is 26.9 Å². The second-order valence-corrected chi connectivity index (χ2v) is 6.46. The third-order valence-corrected chi connectivity index (χ3v) is 4.07. The van der Waals surface area contributed by atoms with Crippen LogP contribution in [0, 0.1) is 0 Å². The summed E-state index contributed by atoms with van der Waals surface area (Å²) in [6.07, 6.45) is 6.40. The van der Waals surface area contributed by atoms with Gasteiger partial charge in [-0.25, -0.2) is 9.97 Å². The number of rotatable bonds is 8. The summed E-state index contributed by atoms with van der Waals surface area (Å²) in [4.78, 5) is 15.3. The van der Waals surface area contributed by atoms with Crippen LogP contribution in [-0.4, -0.2) is 40.1 Å². The minimum atomic E-state index is 0.647. The van der Waals surface area contributed by atoms with Gasteiger partial charge in [0.15, 0.2) is 5.82 Å². The van der Waals surface area contributed by atoms with E-state index in [0.717, 1.165) is 36.5 Å². The van der Waals surface area contributed by atoms with Gasteiger partial charge in [0.05, 0.1) is 6.61 Å². The molecule has 3 aromatic rings. The van der Waals surface area contributed by atoms with E-state index in [4.69, 9.17) is 16.3 Å². The average molecular weight is 369 g/mol. The lowest BCUT2D eigenvalue weighted by molar-refractivity contribution is 0.258. The van der Waals surface area contributed by atoms with Crippen molar-refractivity contribution in [1.29, 1.82) is 0 Å². The lowest BCUT2D eigenvalue weighted by Gasteiger charge is -2.16. The third kappa shape index (κ3) is 5.51. The fourth-order valence-corrected chi connectivity index (χ4v) is 2.64. The molecule has 6 heteroatoms. The summed E-state index contributed by atoms with van der Waals surface area (Å²) in [5.41, 5.74) is 1.86. The third-order valence-electron chi connectivity index (χ3n) is 3.82. The van der Waals surface area contributed by atoms with E-state index >= 15 is 0 Å². The van der Waals surface area contributed by atoms with Gasteiger partial charge >= 0.3 is 0 Å². The van der Waals surface area contributed by atoms with Gasteiger partial charge in [-0.2, -0.15) is 0 Å². The Kier molecular flexibility index (Phi) is 6.52. The van der Waals surface area contributed by atoms with Crippen LogP contribution in [0.15, 0.2) is 61.1 Å². The molecule has 2 aromatic heterocycles. The Balaban J connectivity index is 1.41. The molecule has 5 nitrogen and oxygen atoms in total. The smallest absolute Gasteiger partial charge is 0.178 e. The van der Waals surface area contributed by atoms with Crippen molar-refractivity contribution in [1.82, 2.24) is 19.9 Å². The fourth-order valence-electron chi connectivity index (χ4n) is 2.51. The van der Waals surface area contributed by atoms with E-state index in [1.165, 1.54) is 0 Å². The van der Waals surface area contributed by atoms with E-state index in [1.54, 1.807) is 6.20 Å². The maximum Gasteiger partial charge on any atom is 0.178 e. The van der Waals surface area contributed by atoms with Crippen LogP contribution in [0.1, 0.15) is 12.0 Å². The molecule has 0 aliphatic heterocycles. The molecule has 0 aliphatic carbocycles. The minimum Gasteiger partial charge on any atom is -0.494 e. The molecule has 26 heavy (non-hydrogen) atoms. The van der Waals surface area contributed by atoms with Crippen molar-refractivity contribution >= 4 is 11.6 Å². The molecule has 1 aromatic carbocycles. The Morgan fingerprint density at radius 3 is 2.46 bits per heavy atom. The van der Waals surface area contributed by atoms with Crippen LogP contribution in [-0.2, 0) is 6.54 Å². The highest BCUT2D eigenvalue weighted by Crippen LogP contribution is 2.15. The first kappa shape index (κ1) is 18.3. The van der Waals surface area contributed by atoms with E-state index in [1.807, 2.05) is 54.9 Å². The molecule has 0 aliphatic rings. The summed E-state index contributed by atoms with van der Waals surface area (Å²) in [6, 6.07) is 13.1. The zero-order chi connectivity index (χ0) is 18.2. The molecule has 0 saturated heterocycles. The molecular formula is C20H21ClN4O. The van der Waals surface area contributed by atoms with Crippen LogP contribution in [0.5, 0.6) is 5.75 Å². The monoisotopic (exact) mass is 368 g/mol. The highest BCUT2D eigenvalue weighted by atomic mass is 35.5. The Labute approximate surface area is 158 Å². The normalized spacial score (nSPS) is 10.9. The zero-order valence-corrected chi connectivity index (χ0v) is 15.4. The molecule has 2 heterocycles. The molecule has 0 spiro atoms. The minimum absolute atomic E-state index is 0.647. The number of hydrogen-bond acceptors (Lipinski definition) is 5. The Bertz CT molecular complexity index is 794. The first-order valence-corrected chi connectivity index (χ1v) is 8.88. The van der Waals surface area contributed by atoms with Crippen molar-refractivity contribution in [3.63, 3.8) is 0 Å². The summed E-state index contributed by atoms with van der Waals surface area (Å²) in [5.74, 6) is 1.49.